The highest BCUT2D eigenvalue weighted by Crippen LogP contribution is 2.09. The van der Waals surface area contributed by atoms with Crippen molar-refractivity contribution in [2.75, 3.05) is 19.6 Å². The van der Waals surface area contributed by atoms with Crippen molar-refractivity contribution in [3.8, 4) is 0 Å². The normalized spacial score (nSPS) is 19.9. The number of nitrogens with zero attached hydrogens (tertiary/aromatic N) is 1. The smallest absolute Gasteiger partial charge is 0.261 e. The van der Waals surface area contributed by atoms with Gasteiger partial charge in [0.15, 0.2) is 0 Å². The number of carbonyl (C=O) groups is 2. The summed E-state index contributed by atoms with van der Waals surface area (Å²) in [6.07, 6.45) is 0. The van der Waals surface area contributed by atoms with Gasteiger partial charge in [-0.15, -0.1) is 23.7 Å². The molecule has 20 heavy (non-hydrogen) atoms. The SMILES string of the molecule is CC(NC(=O)c1cccs1)C(=O)N1CCNCC1C.Cl. The molecule has 1 fully saturated rings. The predicted molar refractivity (Wildman–Crippen MR) is 82.5 cm³/mol. The van der Waals surface area contributed by atoms with E-state index in [9.17, 15) is 9.59 Å². The summed E-state index contributed by atoms with van der Waals surface area (Å²) in [7, 11) is 0. The van der Waals surface area contributed by atoms with Crippen LogP contribution < -0.4 is 10.6 Å². The van der Waals surface area contributed by atoms with Gasteiger partial charge in [0, 0.05) is 25.7 Å². The number of rotatable bonds is 3. The molecule has 0 bridgehead atoms. The molecule has 0 spiro atoms. The topological polar surface area (TPSA) is 61.4 Å². The number of amides is 2. The number of carbonyl (C=O) groups excluding carboxylic acids is 2. The lowest BCUT2D eigenvalue weighted by Gasteiger charge is -2.35. The summed E-state index contributed by atoms with van der Waals surface area (Å²) in [4.78, 5) is 26.7. The molecule has 0 radical (unpaired) electrons. The third-order valence-corrected chi connectivity index (χ3v) is 4.12. The Morgan fingerprint density at radius 2 is 2.30 bits per heavy atom. The van der Waals surface area contributed by atoms with E-state index in [0.29, 0.717) is 11.4 Å². The summed E-state index contributed by atoms with van der Waals surface area (Å²) in [5.41, 5.74) is 0. The highest BCUT2D eigenvalue weighted by Gasteiger charge is 2.27. The molecule has 7 heteroatoms. The van der Waals surface area contributed by atoms with Crippen LogP contribution in [0.3, 0.4) is 0 Å². The second kappa shape index (κ2) is 7.61. The number of hydrogen-bond donors (Lipinski definition) is 2. The van der Waals surface area contributed by atoms with Crippen LogP contribution in [0.1, 0.15) is 23.5 Å². The second-order valence-corrected chi connectivity index (χ2v) is 5.70. The molecule has 1 aliphatic rings. The van der Waals surface area contributed by atoms with E-state index in [1.54, 1.807) is 13.0 Å². The molecule has 0 saturated carbocycles. The maximum atomic E-state index is 12.3. The molecule has 2 rings (SSSR count). The van der Waals surface area contributed by atoms with Crippen LogP contribution >= 0.6 is 23.7 Å². The summed E-state index contributed by atoms with van der Waals surface area (Å²) in [6, 6.07) is 3.26. The van der Waals surface area contributed by atoms with Gasteiger partial charge >= 0.3 is 0 Å². The van der Waals surface area contributed by atoms with E-state index in [1.807, 2.05) is 23.3 Å². The number of nitrogens with one attached hydrogen (secondary N) is 2. The van der Waals surface area contributed by atoms with Crippen LogP contribution in [-0.2, 0) is 4.79 Å². The molecular weight excluding hydrogens is 298 g/mol. The fourth-order valence-electron chi connectivity index (χ4n) is 2.15. The first kappa shape index (κ1) is 16.9. The first-order valence-corrected chi connectivity index (χ1v) is 7.33. The highest BCUT2D eigenvalue weighted by molar-refractivity contribution is 7.12. The van der Waals surface area contributed by atoms with Gasteiger partial charge in [0.05, 0.1) is 4.88 Å². The maximum Gasteiger partial charge on any atom is 0.261 e. The van der Waals surface area contributed by atoms with Crippen molar-refractivity contribution >= 4 is 35.6 Å². The van der Waals surface area contributed by atoms with Crippen LogP contribution in [0.5, 0.6) is 0 Å². The molecule has 112 valence electrons. The zero-order chi connectivity index (χ0) is 13.8. The van der Waals surface area contributed by atoms with Crippen molar-refractivity contribution < 1.29 is 9.59 Å². The van der Waals surface area contributed by atoms with Crippen LogP contribution in [0.15, 0.2) is 17.5 Å². The Morgan fingerprint density at radius 3 is 2.90 bits per heavy atom. The van der Waals surface area contributed by atoms with E-state index in [2.05, 4.69) is 10.6 Å². The van der Waals surface area contributed by atoms with Crippen molar-refractivity contribution in [1.29, 1.82) is 0 Å². The molecule has 1 aromatic heterocycles. The minimum atomic E-state index is -0.491. The fourth-order valence-corrected chi connectivity index (χ4v) is 2.78. The van der Waals surface area contributed by atoms with Gasteiger partial charge in [-0.2, -0.15) is 0 Å². The van der Waals surface area contributed by atoms with Gasteiger partial charge in [0.2, 0.25) is 5.91 Å². The molecule has 1 aliphatic heterocycles. The molecule has 0 aliphatic carbocycles. The molecule has 1 saturated heterocycles. The van der Waals surface area contributed by atoms with Crippen molar-refractivity contribution in [2.45, 2.75) is 25.9 Å². The lowest BCUT2D eigenvalue weighted by molar-refractivity contribution is -0.135. The first-order chi connectivity index (χ1) is 9.09. The standard InChI is InChI=1S/C13H19N3O2S.ClH/c1-9-8-14-5-6-16(9)13(18)10(2)15-12(17)11-4-3-7-19-11;/h3-4,7,9-10,14H,5-6,8H2,1-2H3,(H,15,17);1H. The van der Waals surface area contributed by atoms with E-state index in [-0.39, 0.29) is 30.3 Å². The number of piperazine rings is 1. The molecule has 1 aromatic rings. The summed E-state index contributed by atoms with van der Waals surface area (Å²) >= 11 is 1.37. The lowest BCUT2D eigenvalue weighted by Crippen LogP contribution is -2.57. The third kappa shape index (κ3) is 3.94. The Kier molecular flexibility index (Phi) is 6.45. The van der Waals surface area contributed by atoms with E-state index in [0.717, 1.165) is 13.1 Å². The van der Waals surface area contributed by atoms with Crippen molar-refractivity contribution in [3.63, 3.8) is 0 Å². The van der Waals surface area contributed by atoms with Gasteiger partial charge in [-0.3, -0.25) is 9.59 Å². The van der Waals surface area contributed by atoms with E-state index < -0.39 is 6.04 Å². The molecule has 2 amide bonds. The molecule has 2 heterocycles. The predicted octanol–water partition coefficient (Wildman–Crippen LogP) is 1.11. The molecule has 2 N–H and O–H groups in total. The first-order valence-electron chi connectivity index (χ1n) is 6.45. The highest BCUT2D eigenvalue weighted by atomic mass is 35.5. The monoisotopic (exact) mass is 317 g/mol. The largest absolute Gasteiger partial charge is 0.340 e. The molecular formula is C13H20ClN3O2S. The quantitative estimate of drug-likeness (QED) is 0.878. The van der Waals surface area contributed by atoms with Gasteiger partial charge in [0.1, 0.15) is 6.04 Å². The molecule has 5 nitrogen and oxygen atoms in total. The van der Waals surface area contributed by atoms with Crippen LogP contribution in [0.25, 0.3) is 0 Å². The average molecular weight is 318 g/mol. The molecule has 2 atom stereocenters. The summed E-state index contributed by atoms with van der Waals surface area (Å²) in [6.45, 7) is 6.05. The number of thiophene rings is 1. The van der Waals surface area contributed by atoms with Crippen LogP contribution in [0.2, 0.25) is 0 Å². The Morgan fingerprint density at radius 1 is 1.55 bits per heavy atom. The fraction of sp³-hybridized carbons (Fsp3) is 0.538. The van der Waals surface area contributed by atoms with Crippen LogP contribution in [0.4, 0.5) is 0 Å². The summed E-state index contributed by atoms with van der Waals surface area (Å²) in [5.74, 6) is -0.197. The Balaban J connectivity index is 0.00000200. The Bertz CT molecular complexity index is 452. The second-order valence-electron chi connectivity index (χ2n) is 4.76. The van der Waals surface area contributed by atoms with Crippen LogP contribution in [0, 0.1) is 0 Å². The Labute approximate surface area is 129 Å². The van der Waals surface area contributed by atoms with E-state index >= 15 is 0 Å². The minimum absolute atomic E-state index is 0. The summed E-state index contributed by atoms with van der Waals surface area (Å²) < 4.78 is 0. The zero-order valence-corrected chi connectivity index (χ0v) is 13.2. The van der Waals surface area contributed by atoms with Gasteiger partial charge in [-0.1, -0.05) is 6.07 Å². The average Bonchev–Trinajstić information content (AvgIpc) is 2.92. The Hall–Kier alpha value is -1.11. The van der Waals surface area contributed by atoms with Gasteiger partial charge in [-0.05, 0) is 25.3 Å². The molecule has 2 unspecified atom stereocenters. The summed E-state index contributed by atoms with van der Waals surface area (Å²) in [5, 5.41) is 7.85. The van der Waals surface area contributed by atoms with Crippen molar-refractivity contribution in [3.05, 3.63) is 22.4 Å². The van der Waals surface area contributed by atoms with Crippen molar-refractivity contribution in [2.24, 2.45) is 0 Å². The minimum Gasteiger partial charge on any atom is -0.340 e. The molecule has 0 aromatic carbocycles. The maximum absolute atomic E-state index is 12.3. The van der Waals surface area contributed by atoms with Crippen molar-refractivity contribution in [1.82, 2.24) is 15.5 Å². The number of halogens is 1. The number of hydrogen-bond acceptors (Lipinski definition) is 4. The van der Waals surface area contributed by atoms with E-state index in [1.165, 1.54) is 11.3 Å². The van der Waals surface area contributed by atoms with Crippen LogP contribution in [-0.4, -0.2) is 48.4 Å². The van der Waals surface area contributed by atoms with E-state index in [4.69, 9.17) is 0 Å². The third-order valence-electron chi connectivity index (χ3n) is 3.25. The van der Waals surface area contributed by atoms with Gasteiger partial charge in [-0.25, -0.2) is 0 Å². The van der Waals surface area contributed by atoms with Gasteiger partial charge < -0.3 is 15.5 Å². The lowest BCUT2D eigenvalue weighted by atomic mass is 10.1. The zero-order valence-electron chi connectivity index (χ0n) is 11.6. The van der Waals surface area contributed by atoms with Gasteiger partial charge in [0.25, 0.3) is 5.91 Å².